The maximum atomic E-state index is 12.7. The third-order valence-corrected chi connectivity index (χ3v) is 5.03. The topological polar surface area (TPSA) is 105 Å². The van der Waals surface area contributed by atoms with Crippen molar-refractivity contribution in [2.24, 2.45) is 0 Å². The van der Waals surface area contributed by atoms with E-state index < -0.39 is 17.7 Å². The molecule has 2 heterocycles. The zero-order valence-corrected chi connectivity index (χ0v) is 16.0. The quantitative estimate of drug-likeness (QED) is 0.642. The summed E-state index contributed by atoms with van der Waals surface area (Å²) in [5.41, 5.74) is 2.20. The number of fused-ring (bicyclic) bond motifs is 2. The first-order valence-corrected chi connectivity index (χ1v) is 9.47. The minimum absolute atomic E-state index is 0.0663. The summed E-state index contributed by atoms with van der Waals surface area (Å²) in [6, 6.07) is 17.8. The summed E-state index contributed by atoms with van der Waals surface area (Å²) in [6.45, 7) is -0.0663. The van der Waals surface area contributed by atoms with Crippen LogP contribution in [0.2, 0.25) is 0 Å². The molecule has 0 atom stereocenters. The van der Waals surface area contributed by atoms with Gasteiger partial charge in [-0.05, 0) is 48.5 Å². The summed E-state index contributed by atoms with van der Waals surface area (Å²) >= 11 is 0. The fourth-order valence-corrected chi connectivity index (χ4v) is 3.57. The zero-order valence-electron chi connectivity index (χ0n) is 16.0. The highest BCUT2D eigenvalue weighted by Crippen LogP contribution is 2.31. The van der Waals surface area contributed by atoms with Gasteiger partial charge in [0.25, 0.3) is 23.6 Å². The highest BCUT2D eigenvalue weighted by atomic mass is 16.5. The van der Waals surface area contributed by atoms with E-state index in [1.165, 1.54) is 6.07 Å². The molecule has 5 rings (SSSR count). The molecule has 0 aliphatic carbocycles. The number of ether oxygens (including phenoxy) is 1. The Kier molecular flexibility index (Phi) is 4.25. The average molecular weight is 413 g/mol. The third kappa shape index (κ3) is 3.20. The molecule has 2 aliphatic heterocycles. The van der Waals surface area contributed by atoms with Crippen molar-refractivity contribution in [2.75, 3.05) is 22.1 Å². The molecule has 0 aromatic heterocycles. The Hall–Kier alpha value is -4.46. The lowest BCUT2D eigenvalue weighted by Crippen LogP contribution is -2.29. The molecule has 0 fully saturated rings. The molecule has 4 amide bonds. The van der Waals surface area contributed by atoms with Gasteiger partial charge in [-0.25, -0.2) is 4.90 Å². The average Bonchev–Trinajstić information content (AvgIpc) is 3.03. The predicted octanol–water partition coefficient (Wildman–Crippen LogP) is 3.07. The van der Waals surface area contributed by atoms with Crippen molar-refractivity contribution in [1.82, 2.24) is 0 Å². The van der Waals surface area contributed by atoms with E-state index in [1.54, 1.807) is 60.7 Å². The van der Waals surface area contributed by atoms with E-state index in [0.29, 0.717) is 39.5 Å². The van der Waals surface area contributed by atoms with Gasteiger partial charge in [0.15, 0.2) is 6.61 Å². The van der Waals surface area contributed by atoms with E-state index in [-0.39, 0.29) is 12.5 Å². The fraction of sp³-hybridized carbons (Fsp3) is 0.0435. The number of amides is 4. The highest BCUT2D eigenvalue weighted by molar-refractivity contribution is 6.34. The van der Waals surface area contributed by atoms with Gasteiger partial charge in [-0.1, -0.05) is 18.2 Å². The van der Waals surface area contributed by atoms with Crippen LogP contribution in [-0.2, 0) is 4.79 Å². The molecule has 0 radical (unpaired) electrons. The van der Waals surface area contributed by atoms with E-state index in [2.05, 4.69) is 10.6 Å². The number of carbonyl (C=O) groups is 4. The summed E-state index contributed by atoms with van der Waals surface area (Å²) in [5.74, 6) is -1.03. The maximum Gasteiger partial charge on any atom is 0.266 e. The summed E-state index contributed by atoms with van der Waals surface area (Å²) in [5, 5.41) is 5.41. The first-order valence-electron chi connectivity index (χ1n) is 9.47. The zero-order chi connectivity index (χ0) is 21.5. The number of hydrogen-bond acceptors (Lipinski definition) is 5. The third-order valence-electron chi connectivity index (χ3n) is 5.03. The van der Waals surface area contributed by atoms with Gasteiger partial charge in [0.05, 0.1) is 22.5 Å². The second-order valence-electron chi connectivity index (χ2n) is 7.04. The van der Waals surface area contributed by atoms with Crippen molar-refractivity contribution < 1.29 is 23.9 Å². The molecule has 8 nitrogen and oxygen atoms in total. The Morgan fingerprint density at radius 3 is 2.39 bits per heavy atom. The maximum absolute atomic E-state index is 12.7. The number of benzene rings is 3. The van der Waals surface area contributed by atoms with Crippen LogP contribution in [0.25, 0.3) is 0 Å². The number of nitrogens with one attached hydrogen (secondary N) is 2. The largest absolute Gasteiger partial charge is 0.482 e. The fourth-order valence-electron chi connectivity index (χ4n) is 3.57. The van der Waals surface area contributed by atoms with Crippen molar-refractivity contribution >= 4 is 40.7 Å². The standard InChI is InChI=1S/C23H15N3O5/c27-20-12-31-19-9-8-13(10-18(19)25-20)21(28)24-14-4-3-5-15(11-14)26-22(29)16-6-1-2-7-17(16)23(26)30/h1-11H,12H2,(H,24,28)(H,25,27). The second-order valence-corrected chi connectivity index (χ2v) is 7.04. The van der Waals surface area contributed by atoms with Crippen LogP contribution in [0.4, 0.5) is 17.1 Å². The number of hydrogen-bond donors (Lipinski definition) is 2. The monoisotopic (exact) mass is 413 g/mol. The van der Waals surface area contributed by atoms with Gasteiger partial charge in [0, 0.05) is 11.3 Å². The minimum Gasteiger partial charge on any atom is -0.482 e. The summed E-state index contributed by atoms with van der Waals surface area (Å²) in [4.78, 5) is 50.7. The summed E-state index contributed by atoms with van der Waals surface area (Å²) in [6.07, 6.45) is 0. The van der Waals surface area contributed by atoms with Crippen LogP contribution in [0.1, 0.15) is 31.1 Å². The van der Waals surface area contributed by atoms with Crippen LogP contribution in [0.3, 0.4) is 0 Å². The van der Waals surface area contributed by atoms with Crippen LogP contribution < -0.4 is 20.3 Å². The Morgan fingerprint density at radius 1 is 0.903 bits per heavy atom. The molecular formula is C23H15N3O5. The molecule has 0 spiro atoms. The van der Waals surface area contributed by atoms with E-state index in [0.717, 1.165) is 4.90 Å². The van der Waals surface area contributed by atoms with E-state index in [1.807, 2.05) is 0 Å². The lowest BCUT2D eigenvalue weighted by atomic mass is 10.1. The lowest BCUT2D eigenvalue weighted by molar-refractivity contribution is -0.118. The van der Waals surface area contributed by atoms with Crippen molar-refractivity contribution in [3.05, 3.63) is 83.4 Å². The van der Waals surface area contributed by atoms with Crippen LogP contribution in [-0.4, -0.2) is 30.2 Å². The highest BCUT2D eigenvalue weighted by Gasteiger charge is 2.36. The van der Waals surface area contributed by atoms with Crippen LogP contribution in [0, 0.1) is 0 Å². The van der Waals surface area contributed by atoms with Crippen LogP contribution >= 0.6 is 0 Å². The van der Waals surface area contributed by atoms with Gasteiger partial charge in [0.2, 0.25) is 0 Å². The molecule has 0 saturated carbocycles. The van der Waals surface area contributed by atoms with Gasteiger partial charge >= 0.3 is 0 Å². The molecule has 0 saturated heterocycles. The number of anilines is 3. The molecule has 2 aliphatic rings. The molecule has 152 valence electrons. The first kappa shape index (κ1) is 18.6. The van der Waals surface area contributed by atoms with E-state index in [9.17, 15) is 19.2 Å². The first-order chi connectivity index (χ1) is 15.0. The van der Waals surface area contributed by atoms with Gasteiger partial charge < -0.3 is 15.4 Å². The Bertz CT molecular complexity index is 1250. The Morgan fingerprint density at radius 2 is 1.65 bits per heavy atom. The van der Waals surface area contributed by atoms with E-state index >= 15 is 0 Å². The number of rotatable bonds is 3. The smallest absolute Gasteiger partial charge is 0.266 e. The molecule has 8 heteroatoms. The summed E-state index contributed by atoms with van der Waals surface area (Å²) < 4.78 is 5.30. The SMILES string of the molecule is O=C1COc2ccc(C(=O)Nc3cccc(N4C(=O)c5ccccc5C4=O)c3)cc2N1. The van der Waals surface area contributed by atoms with Gasteiger partial charge in [-0.3, -0.25) is 19.2 Å². The molecule has 3 aromatic rings. The Labute approximate surface area is 176 Å². The molecule has 0 unspecified atom stereocenters. The minimum atomic E-state index is -0.415. The number of imide groups is 1. The molecule has 2 N–H and O–H groups in total. The van der Waals surface area contributed by atoms with Crippen molar-refractivity contribution in [1.29, 1.82) is 0 Å². The van der Waals surface area contributed by atoms with Crippen LogP contribution in [0.15, 0.2) is 66.7 Å². The number of nitrogens with zero attached hydrogens (tertiary/aromatic N) is 1. The summed E-state index contributed by atoms with van der Waals surface area (Å²) in [7, 11) is 0. The van der Waals surface area contributed by atoms with Crippen LogP contribution in [0.5, 0.6) is 5.75 Å². The number of carbonyl (C=O) groups excluding carboxylic acids is 4. The normalized spacial score (nSPS) is 14.5. The predicted molar refractivity (Wildman–Crippen MR) is 113 cm³/mol. The molecule has 3 aromatic carbocycles. The molecule has 0 bridgehead atoms. The molecule has 31 heavy (non-hydrogen) atoms. The van der Waals surface area contributed by atoms with E-state index in [4.69, 9.17) is 4.74 Å². The van der Waals surface area contributed by atoms with Crippen molar-refractivity contribution in [3.8, 4) is 5.75 Å². The van der Waals surface area contributed by atoms with Gasteiger partial charge in [-0.2, -0.15) is 0 Å². The molecular weight excluding hydrogens is 398 g/mol. The van der Waals surface area contributed by atoms with Crippen molar-refractivity contribution in [3.63, 3.8) is 0 Å². The van der Waals surface area contributed by atoms with Gasteiger partial charge in [0.1, 0.15) is 5.75 Å². The Balaban J connectivity index is 1.39. The van der Waals surface area contributed by atoms with Crippen molar-refractivity contribution in [2.45, 2.75) is 0 Å². The lowest BCUT2D eigenvalue weighted by Gasteiger charge is -2.18. The van der Waals surface area contributed by atoms with Gasteiger partial charge in [-0.15, -0.1) is 0 Å². The second kappa shape index (κ2) is 7.10.